The highest BCUT2D eigenvalue weighted by molar-refractivity contribution is 6.24. The van der Waals surface area contributed by atoms with Crippen molar-refractivity contribution in [3.8, 4) is 0 Å². The fourth-order valence-corrected chi connectivity index (χ4v) is 0.873. The first kappa shape index (κ1) is 8.06. The predicted octanol–water partition coefficient (Wildman–Crippen LogP) is 1.95. The summed E-state index contributed by atoms with van der Waals surface area (Å²) in [6.07, 6.45) is 0.309. The molecule has 0 saturated heterocycles. The lowest BCUT2D eigenvalue weighted by Crippen LogP contribution is -1.96. The van der Waals surface area contributed by atoms with Gasteiger partial charge >= 0.3 is 0 Å². The van der Waals surface area contributed by atoms with Gasteiger partial charge in [0.05, 0.1) is 7.85 Å². The van der Waals surface area contributed by atoms with Crippen molar-refractivity contribution in [2.75, 3.05) is 0 Å². The number of aryl methyl sites for hydroxylation is 1. The number of hydrogen-bond donors (Lipinski definition) is 1. The molecular formula is C9H10BN. The average molecular weight is 143 g/mol. The van der Waals surface area contributed by atoms with E-state index in [9.17, 15) is 0 Å². The highest BCUT2D eigenvalue weighted by Gasteiger charge is 1.95. The van der Waals surface area contributed by atoms with Crippen LogP contribution < -0.4 is 0 Å². The van der Waals surface area contributed by atoms with Gasteiger partial charge in [-0.2, -0.15) is 0 Å². The summed E-state index contributed by atoms with van der Waals surface area (Å²) in [6.45, 7) is 2.02. The minimum atomic E-state index is 0.309. The van der Waals surface area contributed by atoms with E-state index in [-0.39, 0.29) is 0 Å². The Balaban J connectivity index is 2.90. The van der Waals surface area contributed by atoms with Crippen LogP contribution in [0.4, 0.5) is 0 Å². The van der Waals surface area contributed by atoms with E-state index >= 15 is 0 Å². The maximum Gasteiger partial charge on any atom is 0.0737 e. The van der Waals surface area contributed by atoms with Crippen LogP contribution in [0.2, 0.25) is 6.32 Å². The van der Waals surface area contributed by atoms with Crippen molar-refractivity contribution in [3.63, 3.8) is 0 Å². The average Bonchev–Trinajstić information content (AvgIpc) is 2.05. The minimum Gasteiger partial charge on any atom is -0.305 e. The SMILES string of the molecule is [B]CC(=N)c1ccc(C)cc1. The molecule has 11 heavy (non-hydrogen) atoms. The van der Waals surface area contributed by atoms with Crippen molar-refractivity contribution in [2.24, 2.45) is 0 Å². The molecule has 0 fully saturated rings. The van der Waals surface area contributed by atoms with Crippen LogP contribution in [-0.4, -0.2) is 13.6 Å². The Morgan fingerprint density at radius 1 is 1.36 bits per heavy atom. The van der Waals surface area contributed by atoms with Gasteiger partial charge in [-0.3, -0.25) is 0 Å². The lowest BCUT2D eigenvalue weighted by Gasteiger charge is -2.00. The van der Waals surface area contributed by atoms with Crippen molar-refractivity contribution < 1.29 is 0 Å². The number of rotatable bonds is 2. The highest BCUT2D eigenvalue weighted by Crippen LogP contribution is 2.04. The largest absolute Gasteiger partial charge is 0.305 e. The van der Waals surface area contributed by atoms with Crippen LogP contribution in [0.5, 0.6) is 0 Å². The first-order valence-corrected chi connectivity index (χ1v) is 3.58. The van der Waals surface area contributed by atoms with Crippen molar-refractivity contribution in [3.05, 3.63) is 35.4 Å². The van der Waals surface area contributed by atoms with Gasteiger partial charge in [0.2, 0.25) is 0 Å². The van der Waals surface area contributed by atoms with E-state index in [1.54, 1.807) is 0 Å². The summed E-state index contributed by atoms with van der Waals surface area (Å²) in [6, 6.07) is 7.81. The molecule has 0 aliphatic rings. The second kappa shape index (κ2) is 3.38. The summed E-state index contributed by atoms with van der Waals surface area (Å²) in [5, 5.41) is 7.42. The molecule has 1 aromatic carbocycles. The zero-order valence-corrected chi connectivity index (χ0v) is 6.59. The lowest BCUT2D eigenvalue weighted by molar-refractivity contribution is 1.42. The highest BCUT2D eigenvalue weighted by atomic mass is 14.4. The number of nitrogens with one attached hydrogen (secondary N) is 1. The molecule has 1 nitrogen and oxygen atoms in total. The molecule has 2 heteroatoms. The van der Waals surface area contributed by atoms with Crippen LogP contribution in [0, 0.1) is 12.3 Å². The summed E-state index contributed by atoms with van der Waals surface area (Å²) in [5.41, 5.74) is 2.61. The fraction of sp³-hybridized carbons (Fsp3) is 0.222. The van der Waals surface area contributed by atoms with Crippen LogP contribution in [0.25, 0.3) is 0 Å². The maximum atomic E-state index is 7.42. The van der Waals surface area contributed by atoms with Crippen LogP contribution in [0.15, 0.2) is 24.3 Å². The molecule has 2 radical (unpaired) electrons. The monoisotopic (exact) mass is 143 g/mol. The Morgan fingerprint density at radius 3 is 2.36 bits per heavy atom. The molecule has 1 aromatic rings. The van der Waals surface area contributed by atoms with Gasteiger partial charge in [0.1, 0.15) is 0 Å². The Kier molecular flexibility index (Phi) is 2.47. The van der Waals surface area contributed by atoms with Crippen LogP contribution in [0.1, 0.15) is 11.1 Å². The minimum absolute atomic E-state index is 0.309. The standard InChI is InChI=1S/C9H10BN/c1-7-2-4-8(5-3-7)9(11)6-10/h2-5,11H,6H2,1H3. The first-order valence-electron chi connectivity index (χ1n) is 3.58. The van der Waals surface area contributed by atoms with Gasteiger partial charge in [-0.15, -0.1) is 0 Å². The van der Waals surface area contributed by atoms with Crippen molar-refractivity contribution in [2.45, 2.75) is 13.2 Å². The third-order valence-corrected chi connectivity index (χ3v) is 1.60. The molecule has 0 amide bonds. The van der Waals surface area contributed by atoms with Gasteiger partial charge in [-0.1, -0.05) is 29.8 Å². The smallest absolute Gasteiger partial charge is 0.0737 e. The van der Waals surface area contributed by atoms with E-state index in [2.05, 4.69) is 0 Å². The summed E-state index contributed by atoms with van der Waals surface area (Å²) in [7, 11) is 5.32. The molecule has 1 rings (SSSR count). The molecular weight excluding hydrogens is 133 g/mol. The fourth-order valence-electron chi connectivity index (χ4n) is 0.873. The molecule has 0 aromatic heterocycles. The number of hydrogen-bond acceptors (Lipinski definition) is 1. The van der Waals surface area contributed by atoms with Crippen LogP contribution in [0.3, 0.4) is 0 Å². The third kappa shape index (κ3) is 1.94. The predicted molar refractivity (Wildman–Crippen MR) is 48.6 cm³/mol. The zero-order chi connectivity index (χ0) is 8.27. The summed E-state index contributed by atoms with van der Waals surface area (Å²) in [4.78, 5) is 0. The molecule has 0 saturated carbocycles. The van der Waals surface area contributed by atoms with Crippen LogP contribution >= 0.6 is 0 Å². The first-order chi connectivity index (χ1) is 5.24. The molecule has 0 aliphatic carbocycles. The molecule has 54 valence electrons. The second-order valence-corrected chi connectivity index (χ2v) is 2.55. The third-order valence-electron chi connectivity index (χ3n) is 1.60. The van der Waals surface area contributed by atoms with Gasteiger partial charge < -0.3 is 5.41 Å². The van der Waals surface area contributed by atoms with Crippen molar-refractivity contribution >= 4 is 13.6 Å². The van der Waals surface area contributed by atoms with Gasteiger partial charge in [0, 0.05) is 5.71 Å². The van der Waals surface area contributed by atoms with E-state index in [0.29, 0.717) is 12.0 Å². The van der Waals surface area contributed by atoms with E-state index < -0.39 is 0 Å². The Hall–Kier alpha value is -1.05. The topological polar surface area (TPSA) is 23.9 Å². The summed E-state index contributed by atoms with van der Waals surface area (Å²) < 4.78 is 0. The van der Waals surface area contributed by atoms with E-state index in [0.717, 1.165) is 5.56 Å². The van der Waals surface area contributed by atoms with Crippen LogP contribution in [-0.2, 0) is 0 Å². The molecule has 0 aliphatic heterocycles. The Morgan fingerprint density at radius 2 is 1.91 bits per heavy atom. The van der Waals surface area contributed by atoms with Crippen molar-refractivity contribution in [1.29, 1.82) is 5.41 Å². The normalized spacial score (nSPS) is 9.55. The van der Waals surface area contributed by atoms with E-state index in [4.69, 9.17) is 13.3 Å². The molecule has 0 heterocycles. The summed E-state index contributed by atoms with van der Waals surface area (Å²) >= 11 is 0. The van der Waals surface area contributed by atoms with E-state index in [1.165, 1.54) is 5.56 Å². The molecule has 0 unspecified atom stereocenters. The second-order valence-electron chi connectivity index (χ2n) is 2.55. The Bertz CT molecular complexity index is 251. The van der Waals surface area contributed by atoms with Gasteiger partial charge in [0.25, 0.3) is 0 Å². The maximum absolute atomic E-state index is 7.42. The molecule has 1 N–H and O–H groups in total. The summed E-state index contributed by atoms with van der Waals surface area (Å²) in [5.74, 6) is 0. The van der Waals surface area contributed by atoms with Gasteiger partial charge in [0.15, 0.2) is 0 Å². The molecule has 0 spiro atoms. The molecule has 0 bridgehead atoms. The van der Waals surface area contributed by atoms with Gasteiger partial charge in [-0.25, -0.2) is 0 Å². The lowest BCUT2D eigenvalue weighted by atomic mass is 9.95. The van der Waals surface area contributed by atoms with Gasteiger partial charge in [-0.05, 0) is 18.8 Å². The van der Waals surface area contributed by atoms with Crippen molar-refractivity contribution in [1.82, 2.24) is 0 Å². The molecule has 0 atom stereocenters. The zero-order valence-electron chi connectivity index (χ0n) is 6.59. The number of benzene rings is 1. The Labute approximate surface area is 68.4 Å². The van der Waals surface area contributed by atoms with E-state index in [1.807, 2.05) is 31.2 Å². The quantitative estimate of drug-likeness (QED) is 0.483.